The van der Waals surface area contributed by atoms with Crippen LogP contribution in [0.5, 0.6) is 0 Å². The zero-order valence-corrected chi connectivity index (χ0v) is 17.2. The molecule has 1 unspecified atom stereocenters. The number of nitrogens with one attached hydrogen (secondary N) is 2. The molecule has 0 spiro atoms. The van der Waals surface area contributed by atoms with Gasteiger partial charge in [-0.15, -0.1) is 0 Å². The Labute approximate surface area is 171 Å². The van der Waals surface area contributed by atoms with E-state index >= 15 is 0 Å². The van der Waals surface area contributed by atoms with Gasteiger partial charge in [-0.1, -0.05) is 42.5 Å². The summed E-state index contributed by atoms with van der Waals surface area (Å²) in [6.07, 6.45) is 1.03. The topological polar surface area (TPSA) is 76.0 Å². The van der Waals surface area contributed by atoms with E-state index in [4.69, 9.17) is 0 Å². The van der Waals surface area contributed by atoms with Gasteiger partial charge in [0, 0.05) is 18.8 Å². The van der Waals surface area contributed by atoms with E-state index in [9.17, 15) is 9.59 Å². The Kier molecular flexibility index (Phi) is 6.65. The molecule has 152 valence electrons. The lowest BCUT2D eigenvalue weighted by Crippen LogP contribution is -2.45. The van der Waals surface area contributed by atoms with Crippen LogP contribution in [0.4, 0.5) is 0 Å². The van der Waals surface area contributed by atoms with E-state index < -0.39 is 6.04 Å². The van der Waals surface area contributed by atoms with Gasteiger partial charge in [0.05, 0.1) is 12.1 Å². The Morgan fingerprint density at radius 1 is 1.10 bits per heavy atom. The molecule has 2 N–H and O–H groups in total. The number of aryl methyl sites for hydroxylation is 3. The van der Waals surface area contributed by atoms with Crippen LogP contribution in [0.1, 0.15) is 30.3 Å². The second-order valence-electron chi connectivity index (χ2n) is 7.40. The normalized spacial score (nSPS) is 12.0. The van der Waals surface area contributed by atoms with Crippen LogP contribution in [0.15, 0.2) is 48.5 Å². The minimum atomic E-state index is -0.578. The minimum Gasteiger partial charge on any atom is -0.354 e. The van der Waals surface area contributed by atoms with Gasteiger partial charge in [-0.2, -0.15) is 5.10 Å². The van der Waals surface area contributed by atoms with E-state index in [0.717, 1.165) is 40.7 Å². The van der Waals surface area contributed by atoms with E-state index in [-0.39, 0.29) is 18.2 Å². The lowest BCUT2D eigenvalue weighted by molar-refractivity contribution is -0.128. The van der Waals surface area contributed by atoms with Gasteiger partial charge in [0.15, 0.2) is 0 Å². The smallest absolute Gasteiger partial charge is 0.242 e. The molecule has 0 radical (unpaired) electrons. The molecule has 29 heavy (non-hydrogen) atoms. The summed E-state index contributed by atoms with van der Waals surface area (Å²) < 4.78 is 1.94. The SMILES string of the molecule is Cc1cc(C)n(CCCNC(=O)C(C)NC(=O)Cc2cccc3ccccc23)n1. The van der Waals surface area contributed by atoms with Crippen molar-refractivity contribution in [1.82, 2.24) is 20.4 Å². The molecular weight excluding hydrogens is 364 g/mol. The van der Waals surface area contributed by atoms with E-state index in [2.05, 4.69) is 15.7 Å². The number of hydrogen-bond donors (Lipinski definition) is 2. The first kappa shape index (κ1) is 20.6. The summed E-state index contributed by atoms with van der Waals surface area (Å²) in [4.78, 5) is 24.7. The first-order chi connectivity index (χ1) is 13.9. The van der Waals surface area contributed by atoms with Crippen molar-refractivity contribution in [1.29, 1.82) is 0 Å². The van der Waals surface area contributed by atoms with Crippen molar-refractivity contribution in [3.8, 4) is 0 Å². The summed E-state index contributed by atoms with van der Waals surface area (Å²) in [5.41, 5.74) is 3.06. The molecule has 3 aromatic rings. The van der Waals surface area contributed by atoms with Crippen LogP contribution in [0.3, 0.4) is 0 Å². The number of hydrogen-bond acceptors (Lipinski definition) is 3. The number of rotatable bonds is 8. The van der Waals surface area contributed by atoms with Crippen LogP contribution in [0, 0.1) is 13.8 Å². The average molecular weight is 393 g/mol. The molecule has 1 atom stereocenters. The van der Waals surface area contributed by atoms with Gasteiger partial charge in [0.2, 0.25) is 11.8 Å². The number of carbonyl (C=O) groups excluding carboxylic acids is 2. The molecule has 3 rings (SSSR count). The van der Waals surface area contributed by atoms with Crippen LogP contribution in [-0.2, 0) is 22.6 Å². The Hall–Kier alpha value is -3.15. The van der Waals surface area contributed by atoms with Crippen molar-refractivity contribution >= 4 is 22.6 Å². The van der Waals surface area contributed by atoms with Crippen LogP contribution < -0.4 is 10.6 Å². The third kappa shape index (κ3) is 5.44. The number of amides is 2. The molecule has 0 fully saturated rings. The van der Waals surface area contributed by atoms with Crippen molar-refractivity contribution in [2.24, 2.45) is 0 Å². The quantitative estimate of drug-likeness (QED) is 0.579. The van der Waals surface area contributed by atoms with Gasteiger partial charge >= 0.3 is 0 Å². The molecule has 0 saturated heterocycles. The molecule has 0 bridgehead atoms. The highest BCUT2D eigenvalue weighted by Crippen LogP contribution is 2.18. The summed E-state index contributed by atoms with van der Waals surface area (Å²) in [5.74, 6) is -0.337. The van der Waals surface area contributed by atoms with Crippen molar-refractivity contribution in [2.45, 2.75) is 46.2 Å². The lowest BCUT2D eigenvalue weighted by atomic mass is 10.0. The number of nitrogens with zero attached hydrogens (tertiary/aromatic N) is 2. The van der Waals surface area contributed by atoms with Gasteiger partial charge in [0.1, 0.15) is 6.04 Å². The zero-order valence-electron chi connectivity index (χ0n) is 17.2. The zero-order chi connectivity index (χ0) is 20.8. The Morgan fingerprint density at radius 3 is 2.62 bits per heavy atom. The van der Waals surface area contributed by atoms with Crippen LogP contribution in [0.25, 0.3) is 10.8 Å². The predicted octanol–water partition coefficient (Wildman–Crippen LogP) is 2.91. The third-order valence-corrected chi connectivity index (χ3v) is 4.95. The molecule has 0 aliphatic heterocycles. The summed E-state index contributed by atoms with van der Waals surface area (Å²) in [5, 5.41) is 12.3. The third-order valence-electron chi connectivity index (χ3n) is 4.95. The summed E-state index contributed by atoms with van der Waals surface area (Å²) >= 11 is 0. The summed E-state index contributed by atoms with van der Waals surface area (Å²) in [6, 6.07) is 15.4. The molecule has 2 amide bonds. The summed E-state index contributed by atoms with van der Waals surface area (Å²) in [7, 11) is 0. The number of aromatic nitrogens is 2. The van der Waals surface area contributed by atoms with E-state index in [1.165, 1.54) is 0 Å². The predicted molar refractivity (Wildman–Crippen MR) is 115 cm³/mol. The maximum Gasteiger partial charge on any atom is 0.242 e. The highest BCUT2D eigenvalue weighted by molar-refractivity contribution is 5.92. The van der Waals surface area contributed by atoms with Crippen molar-refractivity contribution in [3.05, 3.63) is 65.5 Å². The second kappa shape index (κ2) is 9.37. The van der Waals surface area contributed by atoms with E-state index in [1.807, 2.05) is 67.1 Å². The first-order valence-electron chi connectivity index (χ1n) is 9.99. The van der Waals surface area contributed by atoms with Crippen molar-refractivity contribution in [2.75, 3.05) is 6.54 Å². The van der Waals surface area contributed by atoms with E-state index in [1.54, 1.807) is 6.92 Å². The number of benzene rings is 2. The molecule has 6 heteroatoms. The molecule has 6 nitrogen and oxygen atoms in total. The summed E-state index contributed by atoms with van der Waals surface area (Å²) in [6.45, 7) is 6.99. The Balaban J connectivity index is 1.45. The Bertz CT molecular complexity index is 1000. The Morgan fingerprint density at radius 2 is 1.86 bits per heavy atom. The second-order valence-corrected chi connectivity index (χ2v) is 7.40. The monoisotopic (exact) mass is 392 g/mol. The molecule has 1 heterocycles. The lowest BCUT2D eigenvalue weighted by Gasteiger charge is -2.15. The molecule has 0 aliphatic carbocycles. The minimum absolute atomic E-state index is 0.161. The van der Waals surface area contributed by atoms with E-state index in [0.29, 0.717) is 6.54 Å². The van der Waals surface area contributed by atoms with Crippen molar-refractivity contribution < 1.29 is 9.59 Å². The van der Waals surface area contributed by atoms with Crippen LogP contribution in [-0.4, -0.2) is 34.2 Å². The molecule has 0 saturated carbocycles. The number of fused-ring (bicyclic) bond motifs is 1. The molecule has 0 aliphatic rings. The fraction of sp³-hybridized carbons (Fsp3) is 0.348. The highest BCUT2D eigenvalue weighted by atomic mass is 16.2. The van der Waals surface area contributed by atoms with Gasteiger partial charge in [-0.25, -0.2) is 0 Å². The van der Waals surface area contributed by atoms with Gasteiger partial charge in [-0.05, 0) is 49.6 Å². The van der Waals surface area contributed by atoms with Gasteiger partial charge < -0.3 is 10.6 Å². The van der Waals surface area contributed by atoms with Crippen LogP contribution in [0.2, 0.25) is 0 Å². The highest BCUT2D eigenvalue weighted by Gasteiger charge is 2.16. The molecular formula is C23H28N4O2. The van der Waals surface area contributed by atoms with Crippen molar-refractivity contribution in [3.63, 3.8) is 0 Å². The first-order valence-corrected chi connectivity index (χ1v) is 9.99. The maximum absolute atomic E-state index is 12.4. The fourth-order valence-corrected chi connectivity index (χ4v) is 3.47. The van der Waals surface area contributed by atoms with Crippen LogP contribution >= 0.6 is 0 Å². The van der Waals surface area contributed by atoms with Gasteiger partial charge in [-0.3, -0.25) is 14.3 Å². The standard InChI is InChI=1S/C23H28N4O2/c1-16-14-17(2)27(26-16)13-7-12-24-23(29)18(3)25-22(28)15-20-10-6-9-19-8-4-5-11-21(19)20/h4-6,8-11,14,18H,7,12-13,15H2,1-3H3,(H,24,29)(H,25,28). The molecule has 2 aromatic carbocycles. The molecule has 1 aromatic heterocycles. The average Bonchev–Trinajstić information content (AvgIpc) is 3.02. The fourth-order valence-electron chi connectivity index (χ4n) is 3.47. The van der Waals surface area contributed by atoms with Gasteiger partial charge in [0.25, 0.3) is 0 Å². The largest absolute Gasteiger partial charge is 0.354 e. The maximum atomic E-state index is 12.4. The number of carbonyl (C=O) groups is 2.